The Hall–Kier alpha value is -2.76. The second-order valence-corrected chi connectivity index (χ2v) is 10.7. The topological polar surface area (TPSA) is 122 Å². The van der Waals surface area contributed by atoms with E-state index in [4.69, 9.17) is 21.4 Å². The summed E-state index contributed by atoms with van der Waals surface area (Å²) in [6, 6.07) is 7.77. The van der Waals surface area contributed by atoms with E-state index in [0.717, 1.165) is 5.56 Å². The number of aliphatic hydroxyl groups excluding tert-OH is 1. The van der Waals surface area contributed by atoms with Crippen LogP contribution in [0.4, 0.5) is 4.79 Å². The average molecular weight is 536 g/mol. The summed E-state index contributed by atoms with van der Waals surface area (Å²) in [5.41, 5.74) is 0.845. The van der Waals surface area contributed by atoms with Gasteiger partial charge in [0.25, 0.3) is 4.84 Å². The molecule has 0 fully saturated rings. The van der Waals surface area contributed by atoms with Crippen molar-refractivity contribution in [2.45, 2.75) is 71.9 Å². The van der Waals surface area contributed by atoms with Crippen LogP contribution in [0.5, 0.6) is 0 Å². The van der Waals surface area contributed by atoms with E-state index in [0.29, 0.717) is 25.9 Å². The lowest BCUT2D eigenvalue weighted by molar-refractivity contribution is -0.125. The molecular weight excluding hydrogens is 494 g/mol. The van der Waals surface area contributed by atoms with Gasteiger partial charge in [0.15, 0.2) is 6.10 Å². The number of nitrogens with zero attached hydrogens (tertiary/aromatic N) is 3. The second-order valence-electron chi connectivity index (χ2n) is 10.3. The van der Waals surface area contributed by atoms with Crippen molar-refractivity contribution in [3.8, 4) is 0 Å². The van der Waals surface area contributed by atoms with Crippen molar-refractivity contribution < 1.29 is 23.8 Å². The van der Waals surface area contributed by atoms with Crippen LogP contribution in [0.25, 0.3) is 0 Å². The van der Waals surface area contributed by atoms with E-state index in [-0.39, 0.29) is 29.2 Å². The molecule has 0 bridgehead atoms. The Kier molecular flexibility index (Phi) is 12.2. The lowest BCUT2D eigenvalue weighted by Crippen LogP contribution is -2.51. The van der Waals surface area contributed by atoms with E-state index in [1.165, 1.54) is 4.68 Å². The SMILES string of the molecule is CC(C)C[C@H](NC(=O)OCc1ccccc1)C(=O)N[C@@H](CC(C)C)C(O)c1nn(CCN(C)C)c(=S)o1. The molecule has 0 aliphatic carbocycles. The number of nitrogens with one attached hydrogen (secondary N) is 2. The summed E-state index contributed by atoms with van der Waals surface area (Å²) in [5, 5.41) is 21.0. The van der Waals surface area contributed by atoms with Crippen LogP contribution >= 0.6 is 12.2 Å². The highest BCUT2D eigenvalue weighted by molar-refractivity contribution is 7.71. The van der Waals surface area contributed by atoms with Crippen LogP contribution in [0.3, 0.4) is 0 Å². The van der Waals surface area contributed by atoms with Crippen LogP contribution in [-0.2, 0) is 22.7 Å². The summed E-state index contributed by atoms with van der Waals surface area (Å²) in [6.45, 7) is 9.20. The number of benzene rings is 1. The van der Waals surface area contributed by atoms with Crippen molar-refractivity contribution in [1.82, 2.24) is 25.3 Å². The molecule has 2 aromatic rings. The number of ether oxygens (including phenoxy) is 1. The molecule has 1 heterocycles. The molecule has 37 heavy (non-hydrogen) atoms. The quantitative estimate of drug-likeness (QED) is 0.313. The van der Waals surface area contributed by atoms with Crippen molar-refractivity contribution in [2.75, 3.05) is 20.6 Å². The highest BCUT2D eigenvalue weighted by Gasteiger charge is 2.31. The number of hydrogen-bond donors (Lipinski definition) is 3. The van der Waals surface area contributed by atoms with Crippen molar-refractivity contribution in [2.24, 2.45) is 11.8 Å². The van der Waals surface area contributed by atoms with Crippen molar-refractivity contribution >= 4 is 24.2 Å². The number of aliphatic hydroxyl groups is 1. The Labute approximate surface area is 224 Å². The fraction of sp³-hybridized carbons (Fsp3) is 0.615. The Bertz CT molecular complexity index is 1040. The molecule has 0 radical (unpaired) electrons. The summed E-state index contributed by atoms with van der Waals surface area (Å²) in [7, 11) is 3.87. The highest BCUT2D eigenvalue weighted by Crippen LogP contribution is 2.22. The molecule has 1 aromatic carbocycles. The first-order valence-corrected chi connectivity index (χ1v) is 13.0. The Morgan fingerprint density at radius 3 is 2.35 bits per heavy atom. The number of hydrogen-bond acceptors (Lipinski definition) is 8. The molecule has 0 spiro atoms. The molecule has 1 unspecified atom stereocenters. The maximum Gasteiger partial charge on any atom is 0.408 e. The Balaban J connectivity index is 2.11. The minimum Gasteiger partial charge on any atom is -0.445 e. The maximum atomic E-state index is 13.3. The molecule has 1 aromatic heterocycles. The van der Waals surface area contributed by atoms with Crippen LogP contribution in [0.15, 0.2) is 34.7 Å². The van der Waals surface area contributed by atoms with Crippen LogP contribution in [0, 0.1) is 16.7 Å². The second kappa shape index (κ2) is 14.8. The molecular formula is C26H41N5O5S. The molecule has 3 atom stereocenters. The van der Waals surface area contributed by atoms with Gasteiger partial charge in [-0.25, -0.2) is 9.48 Å². The van der Waals surface area contributed by atoms with Gasteiger partial charge in [0, 0.05) is 6.54 Å². The van der Waals surface area contributed by atoms with Gasteiger partial charge < -0.3 is 29.8 Å². The first kappa shape index (κ1) is 30.5. The van der Waals surface area contributed by atoms with Gasteiger partial charge in [-0.15, -0.1) is 5.10 Å². The largest absolute Gasteiger partial charge is 0.445 e. The lowest BCUT2D eigenvalue weighted by Gasteiger charge is -2.27. The average Bonchev–Trinajstić information content (AvgIpc) is 3.20. The van der Waals surface area contributed by atoms with Gasteiger partial charge in [-0.05, 0) is 56.6 Å². The number of aromatic nitrogens is 2. The first-order chi connectivity index (χ1) is 17.5. The molecule has 0 saturated heterocycles. The molecule has 206 valence electrons. The molecule has 0 aliphatic heterocycles. The minimum absolute atomic E-state index is 0.0466. The van der Waals surface area contributed by atoms with Gasteiger partial charge in [-0.2, -0.15) is 0 Å². The lowest BCUT2D eigenvalue weighted by atomic mass is 9.97. The zero-order valence-electron chi connectivity index (χ0n) is 22.6. The van der Waals surface area contributed by atoms with Gasteiger partial charge in [0.05, 0.1) is 12.6 Å². The number of carbonyl (C=O) groups is 2. The Morgan fingerprint density at radius 2 is 1.76 bits per heavy atom. The van der Waals surface area contributed by atoms with E-state index < -0.39 is 30.2 Å². The first-order valence-electron chi connectivity index (χ1n) is 12.6. The van der Waals surface area contributed by atoms with E-state index in [9.17, 15) is 14.7 Å². The van der Waals surface area contributed by atoms with E-state index >= 15 is 0 Å². The van der Waals surface area contributed by atoms with Crippen molar-refractivity contribution in [1.29, 1.82) is 0 Å². The van der Waals surface area contributed by atoms with Crippen molar-refractivity contribution in [3.05, 3.63) is 46.6 Å². The molecule has 11 heteroatoms. The van der Waals surface area contributed by atoms with Crippen LogP contribution in [0.1, 0.15) is 58.1 Å². The molecule has 10 nitrogen and oxygen atoms in total. The van der Waals surface area contributed by atoms with Gasteiger partial charge in [-0.1, -0.05) is 58.0 Å². The van der Waals surface area contributed by atoms with E-state index in [1.54, 1.807) is 0 Å². The molecule has 2 amide bonds. The number of carbonyl (C=O) groups excluding carboxylic acids is 2. The zero-order valence-corrected chi connectivity index (χ0v) is 23.5. The summed E-state index contributed by atoms with van der Waals surface area (Å²) in [4.78, 5) is 27.9. The highest BCUT2D eigenvalue weighted by atomic mass is 32.1. The fourth-order valence-electron chi connectivity index (χ4n) is 3.72. The third-order valence-corrected chi connectivity index (χ3v) is 5.89. The predicted octanol–water partition coefficient (Wildman–Crippen LogP) is 3.67. The molecule has 2 rings (SSSR count). The summed E-state index contributed by atoms with van der Waals surface area (Å²) in [6.07, 6.45) is -1.03. The molecule has 0 aliphatic rings. The third-order valence-electron chi connectivity index (χ3n) is 5.60. The van der Waals surface area contributed by atoms with Gasteiger partial charge in [0.1, 0.15) is 12.6 Å². The van der Waals surface area contributed by atoms with Gasteiger partial charge >= 0.3 is 6.09 Å². The normalized spacial score (nSPS) is 14.0. The van der Waals surface area contributed by atoms with Crippen LogP contribution < -0.4 is 10.6 Å². The summed E-state index contributed by atoms with van der Waals surface area (Å²) < 4.78 is 12.4. The summed E-state index contributed by atoms with van der Waals surface area (Å²) >= 11 is 5.26. The van der Waals surface area contributed by atoms with Gasteiger partial charge in [0.2, 0.25) is 11.8 Å². The van der Waals surface area contributed by atoms with E-state index in [2.05, 4.69) is 15.7 Å². The number of amides is 2. The molecule has 3 N–H and O–H groups in total. The zero-order chi connectivity index (χ0) is 27.5. The van der Waals surface area contributed by atoms with Crippen molar-refractivity contribution in [3.63, 3.8) is 0 Å². The molecule has 0 saturated carbocycles. The Morgan fingerprint density at radius 1 is 1.11 bits per heavy atom. The van der Waals surface area contributed by atoms with Gasteiger partial charge in [-0.3, -0.25) is 4.79 Å². The van der Waals surface area contributed by atoms with E-state index in [1.807, 2.05) is 77.0 Å². The number of rotatable bonds is 14. The predicted molar refractivity (Wildman–Crippen MR) is 143 cm³/mol. The standard InChI is InChI=1S/C26H41N5O5S/c1-17(2)14-20(22(32)24-29-31(26(37)36-24)13-12-30(5)6)27-23(33)21(15-18(3)4)28-25(34)35-16-19-10-8-7-9-11-19/h7-11,17-18,20-22,32H,12-16H2,1-6H3,(H,27,33)(H,28,34)/t20-,21-,22?/m0/s1. The minimum atomic E-state index is -1.21. The van der Waals surface area contributed by atoms with Crippen LogP contribution in [-0.4, -0.2) is 64.5 Å². The fourth-order valence-corrected chi connectivity index (χ4v) is 3.94. The maximum absolute atomic E-state index is 13.3. The third kappa shape index (κ3) is 10.6. The van der Waals surface area contributed by atoms with Crippen LogP contribution in [0.2, 0.25) is 0 Å². The summed E-state index contributed by atoms with van der Waals surface area (Å²) in [5.74, 6) is -0.0825. The monoisotopic (exact) mass is 535 g/mol. The number of alkyl carbamates (subject to hydrolysis) is 1. The smallest absolute Gasteiger partial charge is 0.408 e. The number of likely N-dealkylation sites (N-methyl/N-ethyl adjacent to an activating group) is 1.